The van der Waals surface area contributed by atoms with E-state index in [1.165, 1.54) is 44.8 Å². The van der Waals surface area contributed by atoms with Crippen LogP contribution in [-0.2, 0) is 27.7 Å². The van der Waals surface area contributed by atoms with Gasteiger partial charge in [0.2, 0.25) is 10.0 Å². The molecule has 11 heteroatoms. The number of nitrogens with two attached hydrogens (primary N) is 1. The Labute approximate surface area is 203 Å². The smallest absolute Gasteiger partial charge is 0.256 e. The number of carbonyl (C=O) groups is 2. The van der Waals surface area contributed by atoms with E-state index in [4.69, 9.17) is 10.5 Å². The van der Waals surface area contributed by atoms with Gasteiger partial charge in [0.1, 0.15) is 11.5 Å². The summed E-state index contributed by atoms with van der Waals surface area (Å²) in [6.45, 7) is 9.08. The molecular formula is C23H31N4O5S2+. The molecule has 4 rings (SSSR count). The lowest BCUT2D eigenvalue weighted by molar-refractivity contribution is -0.913. The van der Waals surface area contributed by atoms with Gasteiger partial charge >= 0.3 is 0 Å². The minimum Gasteiger partial charge on any atom is -0.373 e. The van der Waals surface area contributed by atoms with Crippen molar-refractivity contribution in [2.45, 2.75) is 50.8 Å². The number of benzene rings is 1. The van der Waals surface area contributed by atoms with E-state index in [-0.39, 0.29) is 30.2 Å². The molecule has 184 valence electrons. The van der Waals surface area contributed by atoms with Gasteiger partial charge in [-0.05, 0) is 50.6 Å². The number of carbonyl (C=O) groups excluding carboxylic acids is 2. The van der Waals surface area contributed by atoms with E-state index < -0.39 is 21.8 Å². The Bertz CT molecular complexity index is 1180. The Hall–Kier alpha value is -2.31. The maximum Gasteiger partial charge on any atom is 0.256 e. The number of fused-ring (bicyclic) bond motifs is 1. The van der Waals surface area contributed by atoms with Crippen LogP contribution in [0.2, 0.25) is 0 Å². The van der Waals surface area contributed by atoms with Crippen molar-refractivity contribution in [2.24, 2.45) is 5.73 Å². The maximum absolute atomic E-state index is 13.1. The minimum atomic E-state index is -3.70. The van der Waals surface area contributed by atoms with E-state index in [2.05, 4.69) is 12.2 Å². The zero-order valence-electron chi connectivity index (χ0n) is 19.6. The van der Waals surface area contributed by atoms with Crippen molar-refractivity contribution in [1.29, 1.82) is 0 Å². The first kappa shape index (κ1) is 24.8. The second kappa shape index (κ2) is 9.74. The highest BCUT2D eigenvalue weighted by atomic mass is 32.2. The number of sulfonamides is 1. The molecule has 0 spiro atoms. The van der Waals surface area contributed by atoms with E-state index in [1.807, 2.05) is 13.8 Å². The number of amides is 2. The lowest BCUT2D eigenvalue weighted by atomic mass is 10.0. The number of primary amides is 1. The number of rotatable bonds is 6. The van der Waals surface area contributed by atoms with Gasteiger partial charge in [0, 0.05) is 25.1 Å². The summed E-state index contributed by atoms with van der Waals surface area (Å²) in [6.07, 6.45) is 0.366. The van der Waals surface area contributed by atoms with E-state index >= 15 is 0 Å². The summed E-state index contributed by atoms with van der Waals surface area (Å²) in [6, 6.07) is 5.84. The second-order valence-corrected chi connectivity index (χ2v) is 12.0. The average molecular weight is 508 g/mol. The summed E-state index contributed by atoms with van der Waals surface area (Å²) >= 11 is 1.39. The van der Waals surface area contributed by atoms with E-state index in [1.54, 1.807) is 0 Å². The van der Waals surface area contributed by atoms with Gasteiger partial charge < -0.3 is 20.7 Å². The largest absolute Gasteiger partial charge is 0.373 e. The molecule has 3 unspecified atom stereocenters. The molecule has 0 saturated carbocycles. The fraction of sp³-hybridized carbons (Fsp3) is 0.478. The molecule has 9 nitrogen and oxygen atoms in total. The number of hydrogen-bond donors (Lipinski definition) is 3. The predicted molar refractivity (Wildman–Crippen MR) is 130 cm³/mol. The topological polar surface area (TPSA) is 123 Å². The third kappa shape index (κ3) is 4.89. The number of hydrogen-bond acceptors (Lipinski definition) is 6. The van der Waals surface area contributed by atoms with Crippen LogP contribution in [0, 0.1) is 0 Å². The quantitative estimate of drug-likeness (QED) is 0.535. The van der Waals surface area contributed by atoms with Gasteiger partial charge in [0.05, 0.1) is 40.6 Å². The van der Waals surface area contributed by atoms with Crippen molar-refractivity contribution in [3.63, 3.8) is 0 Å². The van der Waals surface area contributed by atoms with Gasteiger partial charge in [0.25, 0.3) is 11.8 Å². The molecule has 2 aliphatic heterocycles. The summed E-state index contributed by atoms with van der Waals surface area (Å²) < 4.78 is 33.1. The number of ether oxygens (including phenoxy) is 1. The molecular weight excluding hydrogens is 476 g/mol. The molecule has 1 aromatic carbocycles. The molecule has 4 N–H and O–H groups in total. The lowest BCUT2D eigenvalue weighted by Crippen LogP contribution is -3.11. The molecule has 0 bridgehead atoms. The molecule has 1 saturated heterocycles. The fourth-order valence-electron chi connectivity index (χ4n) is 4.62. The number of anilines is 1. The minimum absolute atomic E-state index is 0.123. The van der Waals surface area contributed by atoms with Crippen LogP contribution in [0.3, 0.4) is 0 Å². The van der Waals surface area contributed by atoms with Gasteiger partial charge in [0.15, 0.2) is 0 Å². The van der Waals surface area contributed by atoms with Crippen molar-refractivity contribution < 1.29 is 27.6 Å². The number of thiophene rings is 1. The Morgan fingerprint density at radius 3 is 2.44 bits per heavy atom. The van der Waals surface area contributed by atoms with E-state index in [0.29, 0.717) is 16.1 Å². The van der Waals surface area contributed by atoms with Crippen LogP contribution < -0.4 is 16.0 Å². The fourth-order valence-corrected chi connectivity index (χ4v) is 7.53. The Kier molecular flexibility index (Phi) is 7.11. The highest BCUT2D eigenvalue weighted by Crippen LogP contribution is 2.34. The van der Waals surface area contributed by atoms with Gasteiger partial charge in [-0.3, -0.25) is 9.59 Å². The van der Waals surface area contributed by atoms with Crippen molar-refractivity contribution >= 4 is 38.2 Å². The van der Waals surface area contributed by atoms with Crippen LogP contribution in [0.1, 0.15) is 51.9 Å². The van der Waals surface area contributed by atoms with Gasteiger partial charge in [-0.25, -0.2) is 8.42 Å². The zero-order valence-corrected chi connectivity index (χ0v) is 21.2. The summed E-state index contributed by atoms with van der Waals surface area (Å²) in [5.74, 6) is -0.971. The molecule has 3 heterocycles. The monoisotopic (exact) mass is 507 g/mol. The Morgan fingerprint density at radius 2 is 1.85 bits per heavy atom. The predicted octanol–water partition coefficient (Wildman–Crippen LogP) is 0.858. The highest BCUT2D eigenvalue weighted by Gasteiger charge is 2.33. The Balaban J connectivity index is 1.53. The first-order valence-corrected chi connectivity index (χ1v) is 13.7. The van der Waals surface area contributed by atoms with Crippen LogP contribution in [0.5, 0.6) is 0 Å². The number of quaternary nitrogens is 1. The first-order chi connectivity index (χ1) is 16.1. The maximum atomic E-state index is 13.1. The molecule has 34 heavy (non-hydrogen) atoms. The number of nitrogens with one attached hydrogen (secondary N) is 2. The number of morpholine rings is 1. The summed E-state index contributed by atoms with van der Waals surface area (Å²) in [4.78, 5) is 27.7. The van der Waals surface area contributed by atoms with Crippen molar-refractivity contribution in [3.05, 3.63) is 45.8 Å². The summed E-state index contributed by atoms with van der Waals surface area (Å²) in [5.41, 5.74) is 7.27. The lowest BCUT2D eigenvalue weighted by Gasteiger charge is -2.34. The molecule has 1 aromatic heterocycles. The second-order valence-electron chi connectivity index (χ2n) is 8.91. The van der Waals surface area contributed by atoms with Crippen molar-refractivity contribution in [2.75, 3.05) is 31.5 Å². The van der Waals surface area contributed by atoms with Crippen molar-refractivity contribution in [1.82, 2.24) is 4.31 Å². The SMILES string of the molecule is CC[NH+]1CCc2c(sc(NC(=O)c3ccc(S(=O)(=O)N4CC(C)OC(C)C4)cc3)c2C(N)=O)C1. The van der Waals surface area contributed by atoms with Crippen LogP contribution in [0.15, 0.2) is 29.2 Å². The van der Waals surface area contributed by atoms with Gasteiger partial charge in [-0.15, -0.1) is 11.3 Å². The zero-order chi connectivity index (χ0) is 24.6. The molecule has 2 aliphatic rings. The molecule has 0 aliphatic carbocycles. The van der Waals surface area contributed by atoms with E-state index in [9.17, 15) is 18.0 Å². The highest BCUT2D eigenvalue weighted by molar-refractivity contribution is 7.89. The van der Waals surface area contributed by atoms with Crippen LogP contribution in [0.4, 0.5) is 5.00 Å². The molecule has 3 atom stereocenters. The van der Waals surface area contributed by atoms with Gasteiger partial charge in [-0.2, -0.15) is 4.31 Å². The molecule has 2 amide bonds. The summed E-state index contributed by atoms with van der Waals surface area (Å²) in [7, 11) is -3.70. The third-order valence-corrected chi connectivity index (χ3v) is 9.34. The molecule has 1 fully saturated rings. The molecule has 0 radical (unpaired) electrons. The Morgan fingerprint density at radius 1 is 1.21 bits per heavy atom. The third-order valence-electron chi connectivity index (χ3n) is 6.34. The van der Waals surface area contributed by atoms with E-state index in [0.717, 1.165) is 36.5 Å². The van der Waals surface area contributed by atoms with Crippen molar-refractivity contribution in [3.8, 4) is 0 Å². The van der Waals surface area contributed by atoms with Crippen LogP contribution >= 0.6 is 11.3 Å². The summed E-state index contributed by atoms with van der Waals surface area (Å²) in [5, 5.41) is 3.28. The number of likely N-dealkylation sites (N-methyl/N-ethyl adjacent to an activating group) is 1. The molecule has 2 aromatic rings. The van der Waals surface area contributed by atoms with Crippen LogP contribution in [0.25, 0.3) is 0 Å². The van der Waals surface area contributed by atoms with Crippen LogP contribution in [-0.4, -0.2) is 62.9 Å². The number of nitrogens with zero attached hydrogens (tertiary/aromatic N) is 1. The average Bonchev–Trinajstić information content (AvgIpc) is 3.15. The standard InChI is InChI=1S/C23H30N4O5S2/c1-4-26-10-9-18-19(13-26)33-23(20(18)21(24)28)25-22(29)16-5-7-17(8-6-16)34(30,31)27-11-14(2)32-15(3)12-27/h5-8,14-15H,4,9-13H2,1-3H3,(H2,24,28)(H,25,29)/p+1. The first-order valence-electron chi connectivity index (χ1n) is 11.4. The van der Waals surface area contributed by atoms with Gasteiger partial charge in [-0.1, -0.05) is 0 Å². The normalized spacial score (nSPS) is 23.3.